The Morgan fingerprint density at radius 2 is 0.956 bits per heavy atom. The monoisotopic (exact) mass is 1080 g/mol. The van der Waals surface area contributed by atoms with Gasteiger partial charge < -0.3 is 71.4 Å². The van der Waals surface area contributed by atoms with E-state index in [1.54, 1.807) is 0 Å². The number of imidazole rings is 3. The molecule has 0 aliphatic carbocycles. The van der Waals surface area contributed by atoms with E-state index in [4.69, 9.17) is 49.5 Å². The van der Waals surface area contributed by atoms with Crippen molar-refractivity contribution in [1.82, 2.24) is 58.6 Å². The highest BCUT2D eigenvalue weighted by atomic mass is 79.9. The molecule has 6 aromatic heterocycles. The van der Waals surface area contributed by atoms with Crippen LogP contribution in [-0.2, 0) is 50.5 Å². The van der Waals surface area contributed by atoms with Crippen molar-refractivity contribution in [2.45, 2.75) is 73.6 Å². The molecule has 68 heavy (non-hydrogen) atoms. The number of anilines is 3. The largest absolute Gasteiger partial charge is 0.472 e. The number of phosphoric ester groups is 3. The molecule has 0 saturated carbocycles. The zero-order valence-corrected chi connectivity index (χ0v) is 38.1. The summed E-state index contributed by atoms with van der Waals surface area (Å²) in [5, 5.41) is 44.5. The van der Waals surface area contributed by atoms with Crippen LogP contribution >= 0.6 is 39.4 Å². The average molecular weight is 1080 g/mol. The minimum atomic E-state index is -5.44. The van der Waals surface area contributed by atoms with Crippen molar-refractivity contribution in [2.24, 2.45) is 0 Å². The normalized spacial score (nSPS) is 30.7. The lowest BCUT2D eigenvalue weighted by atomic mass is 10.1. The Balaban J connectivity index is 0.923. The Bertz CT molecular complexity index is 3000. The zero-order valence-electron chi connectivity index (χ0n) is 33.8. The number of halogens is 1. The molecule has 3 aliphatic rings. The lowest BCUT2D eigenvalue weighted by Crippen LogP contribution is -2.37. The van der Waals surface area contributed by atoms with Gasteiger partial charge in [0.1, 0.15) is 84.1 Å². The van der Waals surface area contributed by atoms with E-state index in [0.29, 0.717) is 0 Å². The second kappa shape index (κ2) is 18.4. The van der Waals surface area contributed by atoms with Gasteiger partial charge in [0.25, 0.3) is 0 Å². The van der Waals surface area contributed by atoms with Crippen molar-refractivity contribution in [2.75, 3.05) is 37.0 Å². The van der Waals surface area contributed by atoms with Gasteiger partial charge in [0.05, 0.1) is 38.8 Å². The number of hydrogen-bond donors (Lipinski definition) is 11. The first-order chi connectivity index (χ1) is 32.1. The van der Waals surface area contributed by atoms with Crippen molar-refractivity contribution >= 4 is 90.3 Å². The van der Waals surface area contributed by atoms with Crippen molar-refractivity contribution < 1.29 is 90.5 Å². The molecule has 14 N–H and O–H groups in total. The van der Waals surface area contributed by atoms with Crippen LogP contribution in [0.2, 0.25) is 0 Å². The van der Waals surface area contributed by atoms with E-state index in [-0.39, 0.29) is 55.7 Å². The second-order valence-corrected chi connectivity index (χ2v) is 19.7. The van der Waals surface area contributed by atoms with Crippen molar-refractivity contribution in [3.8, 4) is 0 Å². The third-order valence-corrected chi connectivity index (χ3v) is 13.5. The predicted molar refractivity (Wildman–Crippen MR) is 222 cm³/mol. The smallest absolute Gasteiger partial charge is 0.387 e. The summed E-state index contributed by atoms with van der Waals surface area (Å²) >= 11 is 3.09. The maximum Gasteiger partial charge on any atom is 0.472 e. The summed E-state index contributed by atoms with van der Waals surface area (Å²) in [6.07, 6.45) is -14.9. The number of aromatic nitrogens is 12. The number of aliphatic hydroxyl groups excluding tert-OH is 4. The van der Waals surface area contributed by atoms with Gasteiger partial charge in [-0.05, 0) is 15.9 Å². The Hall–Kier alpha value is -4.42. The lowest BCUT2D eigenvalue weighted by molar-refractivity contribution is -0.0644. The molecule has 14 atom stereocenters. The quantitative estimate of drug-likeness (QED) is 0.0346. The topological polar surface area (TPSA) is 496 Å². The molecule has 0 radical (unpaired) electrons. The van der Waals surface area contributed by atoms with Crippen LogP contribution in [0.15, 0.2) is 36.4 Å². The number of aliphatic hydroxyl groups is 4. The molecule has 0 amide bonds. The Morgan fingerprint density at radius 3 is 1.44 bits per heavy atom. The van der Waals surface area contributed by atoms with Crippen LogP contribution in [0.3, 0.4) is 0 Å². The zero-order chi connectivity index (χ0) is 48.6. The van der Waals surface area contributed by atoms with E-state index in [0.717, 1.165) is 34.4 Å². The molecular formula is C30H37BrN15O19P3. The molecule has 0 aromatic carbocycles. The molecule has 34 nitrogen and oxygen atoms in total. The van der Waals surface area contributed by atoms with E-state index in [1.807, 2.05) is 0 Å². The Kier molecular flexibility index (Phi) is 13.1. The summed E-state index contributed by atoms with van der Waals surface area (Å²) in [5.74, 6) is -0.169. The first-order valence-corrected chi connectivity index (χ1v) is 24.6. The highest BCUT2D eigenvalue weighted by molar-refractivity contribution is 9.10. The Morgan fingerprint density at radius 1 is 0.544 bits per heavy atom. The molecule has 9 heterocycles. The van der Waals surface area contributed by atoms with Gasteiger partial charge in [-0.1, -0.05) is 0 Å². The number of fused-ring (bicyclic) bond motifs is 3. The molecule has 0 spiro atoms. The first kappa shape index (κ1) is 48.6. The van der Waals surface area contributed by atoms with Crippen LogP contribution in [-0.4, -0.2) is 173 Å². The maximum absolute atomic E-state index is 13.7. The predicted octanol–water partition coefficient (Wildman–Crippen LogP) is -2.74. The van der Waals surface area contributed by atoms with Crippen LogP contribution < -0.4 is 17.2 Å². The fourth-order valence-corrected chi connectivity index (χ4v) is 10.1. The number of nitrogens with zero attached hydrogens (tertiary/aromatic N) is 12. The molecule has 0 bridgehead atoms. The molecule has 3 saturated heterocycles. The SMILES string of the molecule is Nc1ncnc2c1ncn2[C@@H]1O[C@H](COP(=O)(O)O[C@@H]2[C@H](O)[C@@H](COP(=O)(O)O[C@@H]3[C@H](O)[C@@H](COP(=O)(O)O)O[C@H]3n3cnc4c(N)nc(Br)nc43)O[C@H]2n2cnc3c(N)ncnc32)[C@@H](O)[C@H]1O. The van der Waals surface area contributed by atoms with E-state index >= 15 is 0 Å². The first-order valence-electron chi connectivity index (χ1n) is 19.3. The molecule has 9 rings (SSSR count). The third-order valence-electron chi connectivity index (χ3n) is 10.7. The van der Waals surface area contributed by atoms with Gasteiger partial charge in [-0.15, -0.1) is 0 Å². The number of phosphoric acid groups is 3. The fourth-order valence-electron chi connectivity index (χ4n) is 7.57. The van der Waals surface area contributed by atoms with Crippen molar-refractivity contribution in [1.29, 1.82) is 0 Å². The molecule has 6 aromatic rings. The van der Waals surface area contributed by atoms with Crippen molar-refractivity contribution in [3.05, 3.63) is 36.4 Å². The molecule has 2 unspecified atom stereocenters. The average Bonchev–Trinajstić information content (AvgIpc) is 4.13. The highest BCUT2D eigenvalue weighted by Gasteiger charge is 2.53. The van der Waals surface area contributed by atoms with Crippen LogP contribution in [0.1, 0.15) is 18.7 Å². The second-order valence-electron chi connectivity index (χ2n) is 15.0. The summed E-state index contributed by atoms with van der Waals surface area (Å²) in [5.41, 5.74) is 18.1. The van der Waals surface area contributed by atoms with Crippen LogP contribution in [0.4, 0.5) is 17.5 Å². The summed E-state index contributed by atoms with van der Waals surface area (Å²) in [6, 6.07) is 0. The van der Waals surface area contributed by atoms with Crippen LogP contribution in [0.25, 0.3) is 33.5 Å². The summed E-state index contributed by atoms with van der Waals surface area (Å²) in [6.45, 7) is -2.87. The standard InChI is InChI=1S/C30H37BrN15O19P3/c31-30-42-23(34)14-26(43-30)46(8-41-14)29-20(16(48)10(62-29)1-58-66(51,52)53)65-68(56,57)60-3-11-17(49)19(28(63-11)45-7-40-13-22(33)36-5-38-25(13)45)64-67(54,55)59-2-9-15(47)18(50)27(61-9)44-6-39-12-21(32)35-4-37-24(12)44/h4-11,15-20,27-29,47-50H,1-3H2,(H,54,55)(H,56,57)(H2,32,35,37)(H2,33,36,38)(H2,34,42,43)(H2,51,52,53)/t9-,10-,11-,15-,16-,17-,18-,19-,20-,27-,28-,29-/m1/s1. The minimum Gasteiger partial charge on any atom is -0.387 e. The number of ether oxygens (including phenoxy) is 3. The minimum absolute atomic E-state index is 0.0183. The Labute approximate surface area is 385 Å². The fraction of sp³-hybridized carbons (Fsp3) is 0.500. The molecule has 38 heteroatoms. The van der Waals surface area contributed by atoms with Gasteiger partial charge in [0.2, 0.25) is 4.73 Å². The van der Waals surface area contributed by atoms with E-state index in [1.165, 1.54) is 10.9 Å². The highest BCUT2D eigenvalue weighted by Crippen LogP contribution is 2.53. The molecule has 368 valence electrons. The maximum atomic E-state index is 13.7. The molecular weight excluding hydrogens is 1050 g/mol. The lowest BCUT2D eigenvalue weighted by Gasteiger charge is -2.25. The van der Waals surface area contributed by atoms with Crippen LogP contribution in [0.5, 0.6) is 0 Å². The van der Waals surface area contributed by atoms with Gasteiger partial charge in [0, 0.05) is 0 Å². The van der Waals surface area contributed by atoms with Gasteiger partial charge in [0.15, 0.2) is 53.1 Å². The van der Waals surface area contributed by atoms with E-state index in [9.17, 15) is 53.7 Å². The summed E-state index contributed by atoms with van der Waals surface area (Å²) in [7, 11) is -15.9. The number of nitrogens with two attached hydrogens (primary N) is 3. The number of nitrogen functional groups attached to an aromatic ring is 3. The van der Waals surface area contributed by atoms with E-state index in [2.05, 4.69) is 65.3 Å². The van der Waals surface area contributed by atoms with Gasteiger partial charge in [-0.2, -0.15) is 0 Å². The van der Waals surface area contributed by atoms with Crippen LogP contribution in [0, 0.1) is 0 Å². The molecule has 3 fully saturated rings. The van der Waals surface area contributed by atoms with E-state index < -0.39 is 117 Å². The summed E-state index contributed by atoms with van der Waals surface area (Å²) < 4.78 is 85.6. The van der Waals surface area contributed by atoms with Gasteiger partial charge in [-0.25, -0.2) is 58.6 Å². The van der Waals surface area contributed by atoms with Gasteiger partial charge in [-0.3, -0.25) is 36.3 Å². The number of hydrogen-bond acceptors (Lipinski definition) is 27. The molecule has 3 aliphatic heterocycles. The van der Waals surface area contributed by atoms with Crippen molar-refractivity contribution in [3.63, 3.8) is 0 Å². The van der Waals surface area contributed by atoms with Gasteiger partial charge >= 0.3 is 23.5 Å². The summed E-state index contributed by atoms with van der Waals surface area (Å²) in [4.78, 5) is 77.0. The number of rotatable bonds is 16. The third kappa shape index (κ3) is 9.46.